The van der Waals surface area contributed by atoms with Crippen LogP contribution >= 0.6 is 0 Å². The van der Waals surface area contributed by atoms with E-state index in [1.807, 2.05) is 12.1 Å². The maximum atomic E-state index is 14.2. The molecule has 2 atom stereocenters. The lowest BCUT2D eigenvalue weighted by Crippen LogP contribution is -2.38. The van der Waals surface area contributed by atoms with E-state index < -0.39 is 29.5 Å². The van der Waals surface area contributed by atoms with E-state index in [1.54, 1.807) is 24.3 Å². The van der Waals surface area contributed by atoms with Gasteiger partial charge < -0.3 is 24.2 Å². The fraction of sp³-hybridized carbons (Fsp3) is 0.367. The minimum absolute atomic E-state index is 0.0611. The van der Waals surface area contributed by atoms with E-state index in [9.17, 15) is 23.1 Å². The molecule has 2 aromatic heterocycles. The average molecular weight is 568 g/mol. The summed E-state index contributed by atoms with van der Waals surface area (Å²) in [4.78, 5) is 13.2. The van der Waals surface area contributed by atoms with E-state index in [0.29, 0.717) is 37.2 Å². The van der Waals surface area contributed by atoms with Crippen LogP contribution in [0, 0.1) is 5.92 Å². The number of halogens is 3. The molecular weight excluding hydrogens is 539 g/mol. The number of carboxylic acid groups (broad SMARTS) is 1. The van der Waals surface area contributed by atoms with Crippen molar-refractivity contribution in [3.05, 3.63) is 70.8 Å². The van der Waals surface area contributed by atoms with Gasteiger partial charge in [-0.05, 0) is 49.3 Å². The molecule has 3 heterocycles. The zero-order valence-electron chi connectivity index (χ0n) is 22.0. The average Bonchev–Trinajstić information content (AvgIpc) is 3.58. The van der Waals surface area contributed by atoms with Crippen molar-refractivity contribution >= 4 is 5.97 Å². The van der Waals surface area contributed by atoms with E-state index in [2.05, 4.69) is 15.2 Å². The number of β-amino-alcohol motifs (C(OH)–C–C–N with tert-alkyl or cyclic N) is 1. The van der Waals surface area contributed by atoms with Crippen molar-refractivity contribution in [1.29, 1.82) is 0 Å². The number of rotatable bonds is 7. The lowest BCUT2D eigenvalue weighted by molar-refractivity contribution is -0.139. The molecule has 1 fully saturated rings. The molecule has 2 aliphatic rings. The Kier molecular flexibility index (Phi) is 7.16. The standard InChI is InChI=1S/C30H28F3N3O5/c31-30(32,33)25-27(35-40-28(25)18-6-2-1-3-7-18)29-22-11-8-19-14-20(9-10-21(19)26(22)34-41-29)23(37)16-36-12-4-5-17(15-36)13-24(38)39/h1-3,6-7,9-10,14,17,23,37H,4-5,8,11-13,15-16H2,(H,38,39). The number of aromatic nitrogens is 2. The van der Waals surface area contributed by atoms with Gasteiger partial charge in [0.25, 0.3) is 0 Å². The zero-order valence-corrected chi connectivity index (χ0v) is 22.0. The van der Waals surface area contributed by atoms with E-state index in [4.69, 9.17) is 14.2 Å². The Morgan fingerprint density at radius 3 is 2.56 bits per heavy atom. The quantitative estimate of drug-likeness (QED) is 0.280. The SMILES string of the molecule is O=C(O)CC1CCCN(CC(O)c2ccc3c(c2)CCc2c-3noc2-c2noc(-c3ccccc3)c2C(F)(F)F)C1. The Bertz CT molecular complexity index is 1560. The van der Waals surface area contributed by atoms with E-state index in [-0.39, 0.29) is 29.4 Å². The highest BCUT2D eigenvalue weighted by Gasteiger charge is 2.43. The van der Waals surface area contributed by atoms with Crippen LogP contribution in [0.15, 0.2) is 57.6 Å². The fourth-order valence-electron chi connectivity index (χ4n) is 6.03. The van der Waals surface area contributed by atoms with Gasteiger partial charge in [-0.15, -0.1) is 0 Å². The Morgan fingerprint density at radius 1 is 1.05 bits per heavy atom. The van der Waals surface area contributed by atoms with Crippen LogP contribution in [0.2, 0.25) is 0 Å². The molecule has 1 aliphatic heterocycles. The monoisotopic (exact) mass is 567 g/mol. The maximum Gasteiger partial charge on any atom is 0.422 e. The number of benzene rings is 2. The molecule has 1 saturated heterocycles. The molecule has 0 radical (unpaired) electrons. The summed E-state index contributed by atoms with van der Waals surface area (Å²) in [5, 5.41) is 28.0. The molecule has 1 aliphatic carbocycles. The second-order valence-corrected chi connectivity index (χ2v) is 10.7. The number of carboxylic acids is 1. The molecule has 8 nitrogen and oxygen atoms in total. The molecule has 0 bridgehead atoms. The second-order valence-electron chi connectivity index (χ2n) is 10.7. The molecule has 0 amide bonds. The normalized spacial score (nSPS) is 18.1. The number of fused-ring (bicyclic) bond motifs is 3. The molecule has 11 heteroatoms. The molecule has 0 saturated carbocycles. The van der Waals surface area contributed by atoms with Crippen molar-refractivity contribution in [1.82, 2.24) is 15.2 Å². The third-order valence-corrected chi connectivity index (χ3v) is 7.93. The number of hydrogen-bond donors (Lipinski definition) is 2. The van der Waals surface area contributed by atoms with Crippen LogP contribution in [-0.2, 0) is 23.8 Å². The van der Waals surface area contributed by atoms with Gasteiger partial charge in [0.2, 0.25) is 0 Å². The molecule has 214 valence electrons. The highest BCUT2D eigenvalue weighted by molar-refractivity contribution is 5.79. The van der Waals surface area contributed by atoms with Gasteiger partial charge in [0.1, 0.15) is 11.3 Å². The Morgan fingerprint density at radius 2 is 1.80 bits per heavy atom. The van der Waals surface area contributed by atoms with Crippen molar-refractivity contribution < 1.29 is 37.2 Å². The highest BCUT2D eigenvalue weighted by atomic mass is 19.4. The largest absolute Gasteiger partial charge is 0.481 e. The van der Waals surface area contributed by atoms with Gasteiger partial charge in [0.15, 0.2) is 17.2 Å². The first kappa shape index (κ1) is 27.2. The summed E-state index contributed by atoms with van der Waals surface area (Å²) in [7, 11) is 0. The van der Waals surface area contributed by atoms with Crippen molar-refractivity contribution in [3.63, 3.8) is 0 Å². The topological polar surface area (TPSA) is 113 Å². The van der Waals surface area contributed by atoms with Gasteiger partial charge in [-0.3, -0.25) is 4.79 Å². The maximum absolute atomic E-state index is 14.2. The predicted octanol–water partition coefficient (Wildman–Crippen LogP) is 6.00. The zero-order chi connectivity index (χ0) is 28.7. The molecule has 0 spiro atoms. The second kappa shape index (κ2) is 10.8. The van der Waals surface area contributed by atoms with Crippen LogP contribution in [0.3, 0.4) is 0 Å². The molecule has 2 N–H and O–H groups in total. The number of aliphatic hydroxyl groups excluding tert-OH is 1. The number of nitrogens with zero attached hydrogens (tertiary/aromatic N) is 3. The lowest BCUT2D eigenvalue weighted by Gasteiger charge is -2.33. The number of piperidine rings is 1. The molecule has 6 rings (SSSR count). The number of aryl methyl sites for hydroxylation is 1. The third kappa shape index (κ3) is 5.39. The van der Waals surface area contributed by atoms with Crippen LogP contribution in [-0.4, -0.2) is 51.0 Å². The summed E-state index contributed by atoms with van der Waals surface area (Å²) < 4.78 is 53.4. The summed E-state index contributed by atoms with van der Waals surface area (Å²) in [6.07, 6.45) is -2.72. The van der Waals surface area contributed by atoms with Crippen LogP contribution < -0.4 is 0 Å². The van der Waals surface area contributed by atoms with Gasteiger partial charge in [-0.2, -0.15) is 13.2 Å². The number of aliphatic carboxylic acids is 1. The van der Waals surface area contributed by atoms with Gasteiger partial charge in [0.05, 0.1) is 6.10 Å². The minimum Gasteiger partial charge on any atom is -0.481 e. The molecule has 2 aromatic carbocycles. The van der Waals surface area contributed by atoms with Gasteiger partial charge in [-0.25, -0.2) is 0 Å². The van der Waals surface area contributed by atoms with E-state index >= 15 is 0 Å². The van der Waals surface area contributed by atoms with Crippen molar-refractivity contribution in [2.45, 2.75) is 44.4 Å². The Hall–Kier alpha value is -3.96. The van der Waals surface area contributed by atoms with Crippen LogP contribution in [0.25, 0.3) is 34.0 Å². The first-order chi connectivity index (χ1) is 19.7. The Balaban J connectivity index is 1.26. The third-order valence-electron chi connectivity index (χ3n) is 7.93. The van der Waals surface area contributed by atoms with Gasteiger partial charge in [0, 0.05) is 36.2 Å². The van der Waals surface area contributed by atoms with Gasteiger partial charge in [-0.1, -0.05) is 58.8 Å². The van der Waals surface area contributed by atoms with Crippen molar-refractivity contribution in [3.8, 4) is 34.0 Å². The lowest BCUT2D eigenvalue weighted by atomic mass is 9.86. The van der Waals surface area contributed by atoms with E-state index in [0.717, 1.165) is 36.1 Å². The summed E-state index contributed by atoms with van der Waals surface area (Å²) >= 11 is 0. The number of likely N-dealkylation sites (tertiary alicyclic amines) is 1. The summed E-state index contributed by atoms with van der Waals surface area (Å²) in [6, 6.07) is 13.5. The summed E-state index contributed by atoms with van der Waals surface area (Å²) in [6.45, 7) is 1.83. The number of carbonyl (C=O) groups is 1. The van der Waals surface area contributed by atoms with Crippen LogP contribution in [0.4, 0.5) is 13.2 Å². The van der Waals surface area contributed by atoms with Crippen LogP contribution in [0.5, 0.6) is 0 Å². The van der Waals surface area contributed by atoms with Crippen molar-refractivity contribution in [2.24, 2.45) is 5.92 Å². The molecular formula is C30H28F3N3O5. The fourth-order valence-corrected chi connectivity index (χ4v) is 6.03. The number of hydrogen-bond acceptors (Lipinski definition) is 7. The van der Waals surface area contributed by atoms with E-state index in [1.165, 1.54) is 12.1 Å². The minimum atomic E-state index is -4.74. The summed E-state index contributed by atoms with van der Waals surface area (Å²) in [5.74, 6) is -1.18. The first-order valence-corrected chi connectivity index (χ1v) is 13.6. The molecule has 4 aromatic rings. The van der Waals surface area contributed by atoms with Crippen molar-refractivity contribution in [2.75, 3.05) is 19.6 Å². The molecule has 41 heavy (non-hydrogen) atoms. The number of alkyl halides is 3. The molecule has 2 unspecified atom stereocenters. The number of aliphatic hydroxyl groups is 1. The Labute approximate surface area is 233 Å². The smallest absolute Gasteiger partial charge is 0.422 e. The van der Waals surface area contributed by atoms with Gasteiger partial charge >= 0.3 is 12.1 Å². The highest BCUT2D eigenvalue weighted by Crippen LogP contribution is 2.46. The first-order valence-electron chi connectivity index (χ1n) is 13.6. The predicted molar refractivity (Wildman–Crippen MR) is 142 cm³/mol. The summed E-state index contributed by atoms with van der Waals surface area (Å²) in [5.41, 5.74) is 2.17. The van der Waals surface area contributed by atoms with Crippen LogP contribution in [0.1, 0.15) is 47.6 Å².